The monoisotopic (exact) mass is 561 g/mol. The van der Waals surface area contributed by atoms with Crippen molar-refractivity contribution in [3.05, 3.63) is 52.9 Å². The van der Waals surface area contributed by atoms with Crippen LogP contribution < -0.4 is 10.6 Å². The predicted molar refractivity (Wildman–Crippen MR) is 140 cm³/mol. The number of nitrogens with zero attached hydrogens (tertiary/aromatic N) is 3. The molecule has 3 N–H and O–H groups in total. The summed E-state index contributed by atoms with van der Waals surface area (Å²) in [5.74, 6) is -0.222. The van der Waals surface area contributed by atoms with Gasteiger partial charge in [0.25, 0.3) is 0 Å². The van der Waals surface area contributed by atoms with Crippen LogP contribution >= 0.6 is 11.3 Å². The van der Waals surface area contributed by atoms with Gasteiger partial charge in [-0.1, -0.05) is 6.07 Å². The third-order valence-electron chi connectivity index (χ3n) is 7.10. The van der Waals surface area contributed by atoms with E-state index in [1.165, 1.54) is 11.3 Å². The minimum atomic E-state index is -4.56. The standard InChI is InChI=1S/C27H30F3N5O3S/c1-16-12-17(14-19(13-16)34-25-31-10-7-22(35-25)27(28,29)30)21-15-32-24(39-21)26(37)8-5-18(6-9-26)33-23(36)20-4-2-3-11-38-20/h7,10,12-15,18,20,37H,2-6,8-9,11H2,1H3,(H,33,36)(H,31,34,35). The zero-order valence-electron chi connectivity index (χ0n) is 21.4. The number of aryl methyl sites for hydroxylation is 1. The van der Waals surface area contributed by atoms with Crippen molar-refractivity contribution in [3.8, 4) is 10.4 Å². The summed E-state index contributed by atoms with van der Waals surface area (Å²) in [6.45, 7) is 2.50. The van der Waals surface area contributed by atoms with Crippen molar-refractivity contribution in [2.45, 2.75) is 75.8 Å². The van der Waals surface area contributed by atoms with E-state index in [1.807, 2.05) is 13.0 Å². The summed E-state index contributed by atoms with van der Waals surface area (Å²) in [5.41, 5.74) is 0.127. The van der Waals surface area contributed by atoms with Crippen LogP contribution in [0.25, 0.3) is 10.4 Å². The molecule has 1 unspecified atom stereocenters. The second-order valence-corrected chi connectivity index (χ2v) is 11.2. The van der Waals surface area contributed by atoms with Crippen molar-refractivity contribution in [1.82, 2.24) is 20.3 Å². The first kappa shape index (κ1) is 27.5. The highest BCUT2D eigenvalue weighted by Gasteiger charge is 2.38. The molecule has 1 amide bonds. The number of carbonyl (C=O) groups excluding carboxylic acids is 1. The van der Waals surface area contributed by atoms with Crippen LogP contribution in [0.1, 0.15) is 61.2 Å². The molecular formula is C27H30F3N5O3S. The number of hydrogen-bond acceptors (Lipinski definition) is 8. The lowest BCUT2D eigenvalue weighted by molar-refractivity contribution is -0.141. The molecule has 208 valence electrons. The fourth-order valence-corrected chi connectivity index (χ4v) is 6.07. The van der Waals surface area contributed by atoms with Crippen LogP contribution in [0.4, 0.5) is 24.8 Å². The number of aromatic nitrogens is 3. The molecule has 8 nitrogen and oxygen atoms in total. The maximum absolute atomic E-state index is 13.0. The van der Waals surface area contributed by atoms with E-state index in [1.54, 1.807) is 18.3 Å². The number of aliphatic hydroxyl groups is 1. The van der Waals surface area contributed by atoms with Crippen LogP contribution in [-0.4, -0.2) is 44.7 Å². The highest BCUT2D eigenvalue weighted by molar-refractivity contribution is 7.15. The van der Waals surface area contributed by atoms with Crippen molar-refractivity contribution in [2.75, 3.05) is 11.9 Å². The average Bonchev–Trinajstić information content (AvgIpc) is 3.42. The van der Waals surface area contributed by atoms with Gasteiger partial charge in [0, 0.05) is 30.7 Å². The highest BCUT2D eigenvalue weighted by Crippen LogP contribution is 2.41. The number of hydrogen-bond donors (Lipinski definition) is 3. The molecule has 2 aliphatic rings. The van der Waals surface area contributed by atoms with E-state index in [2.05, 4.69) is 25.6 Å². The largest absolute Gasteiger partial charge is 0.433 e. The van der Waals surface area contributed by atoms with Crippen LogP contribution in [0.15, 0.2) is 36.7 Å². The van der Waals surface area contributed by atoms with Gasteiger partial charge in [-0.05, 0) is 81.2 Å². The van der Waals surface area contributed by atoms with Crippen LogP contribution in [0, 0.1) is 6.92 Å². The van der Waals surface area contributed by atoms with Crippen molar-refractivity contribution in [2.24, 2.45) is 0 Å². The Morgan fingerprint density at radius 2 is 1.95 bits per heavy atom. The van der Waals surface area contributed by atoms with Gasteiger partial charge < -0.3 is 20.5 Å². The number of halogens is 3. The van der Waals surface area contributed by atoms with Crippen LogP contribution in [-0.2, 0) is 21.3 Å². The van der Waals surface area contributed by atoms with Gasteiger partial charge in [-0.3, -0.25) is 4.79 Å². The first-order chi connectivity index (χ1) is 18.6. The molecule has 3 aromatic rings. The number of nitrogens with one attached hydrogen (secondary N) is 2. The van der Waals surface area contributed by atoms with E-state index in [4.69, 9.17) is 4.74 Å². The Balaban J connectivity index is 1.25. The lowest BCUT2D eigenvalue weighted by Crippen LogP contribution is -2.47. The molecule has 0 spiro atoms. The predicted octanol–water partition coefficient (Wildman–Crippen LogP) is 5.49. The van der Waals surface area contributed by atoms with E-state index in [0.29, 0.717) is 43.0 Å². The normalized spacial score (nSPS) is 23.8. The summed E-state index contributed by atoms with van der Waals surface area (Å²) in [4.78, 5) is 25.3. The molecule has 1 aliphatic carbocycles. The van der Waals surface area contributed by atoms with Gasteiger partial charge >= 0.3 is 6.18 Å². The molecule has 2 fully saturated rings. The SMILES string of the molecule is Cc1cc(Nc2nccc(C(F)(F)F)n2)cc(-c2cnc(C3(O)CCC(NC(=O)C4CCCCO4)CC3)s2)c1. The molecule has 1 aromatic carbocycles. The number of ether oxygens (including phenoxy) is 1. The van der Waals surface area contributed by atoms with Gasteiger partial charge in [0.1, 0.15) is 22.4 Å². The van der Waals surface area contributed by atoms with Gasteiger partial charge in [0.05, 0.1) is 4.88 Å². The molecule has 1 saturated carbocycles. The fraction of sp³-hybridized carbons (Fsp3) is 0.481. The topological polar surface area (TPSA) is 109 Å². The van der Waals surface area contributed by atoms with Gasteiger partial charge in [-0.2, -0.15) is 13.2 Å². The molecule has 12 heteroatoms. The summed E-state index contributed by atoms with van der Waals surface area (Å²) in [7, 11) is 0. The summed E-state index contributed by atoms with van der Waals surface area (Å²) in [6.07, 6.45) is 2.77. The smallest absolute Gasteiger partial charge is 0.383 e. The Morgan fingerprint density at radius 3 is 2.67 bits per heavy atom. The van der Waals surface area contributed by atoms with Crippen LogP contribution in [0.5, 0.6) is 0 Å². The average molecular weight is 562 g/mol. The second-order valence-electron chi connectivity index (χ2n) is 10.2. The van der Waals surface area contributed by atoms with E-state index in [-0.39, 0.29) is 24.0 Å². The number of carbonyl (C=O) groups is 1. The maximum atomic E-state index is 13.0. The summed E-state index contributed by atoms with van der Waals surface area (Å²) in [5, 5.41) is 17.9. The van der Waals surface area contributed by atoms with Gasteiger partial charge in [-0.15, -0.1) is 11.3 Å². The Morgan fingerprint density at radius 1 is 1.15 bits per heavy atom. The third-order valence-corrected chi connectivity index (χ3v) is 8.34. The minimum Gasteiger partial charge on any atom is -0.383 e. The van der Waals surface area contributed by atoms with Gasteiger partial charge in [0.2, 0.25) is 11.9 Å². The van der Waals surface area contributed by atoms with E-state index < -0.39 is 17.5 Å². The molecule has 1 saturated heterocycles. The van der Waals surface area contributed by atoms with Crippen molar-refractivity contribution in [1.29, 1.82) is 0 Å². The van der Waals surface area contributed by atoms with E-state index >= 15 is 0 Å². The molecule has 5 rings (SSSR count). The molecule has 1 atom stereocenters. The molecule has 0 bridgehead atoms. The Labute approximate surface area is 228 Å². The second kappa shape index (κ2) is 11.2. The van der Waals surface area contributed by atoms with Crippen molar-refractivity contribution in [3.63, 3.8) is 0 Å². The zero-order chi connectivity index (χ0) is 27.6. The van der Waals surface area contributed by atoms with E-state index in [9.17, 15) is 23.1 Å². The first-order valence-electron chi connectivity index (χ1n) is 13.0. The Bertz CT molecular complexity index is 1320. The number of thiazole rings is 1. The maximum Gasteiger partial charge on any atom is 0.433 e. The quantitative estimate of drug-likeness (QED) is 0.365. The zero-order valence-corrected chi connectivity index (χ0v) is 22.2. The van der Waals surface area contributed by atoms with Crippen LogP contribution in [0.3, 0.4) is 0 Å². The van der Waals surface area contributed by atoms with Crippen LogP contribution in [0.2, 0.25) is 0 Å². The minimum absolute atomic E-state index is 0.00814. The molecule has 2 aromatic heterocycles. The molecule has 1 aliphatic heterocycles. The lowest BCUT2D eigenvalue weighted by Gasteiger charge is -2.35. The lowest BCUT2D eigenvalue weighted by atomic mass is 9.82. The molecule has 39 heavy (non-hydrogen) atoms. The number of rotatable bonds is 6. The Hall–Kier alpha value is -3.09. The summed E-state index contributed by atoms with van der Waals surface area (Å²) < 4.78 is 44.7. The molecule has 0 radical (unpaired) electrons. The number of anilines is 2. The first-order valence-corrected chi connectivity index (χ1v) is 13.8. The molecular weight excluding hydrogens is 531 g/mol. The molecule has 3 heterocycles. The van der Waals surface area contributed by atoms with Crippen molar-refractivity contribution >= 4 is 28.9 Å². The van der Waals surface area contributed by atoms with E-state index in [0.717, 1.165) is 47.5 Å². The highest BCUT2D eigenvalue weighted by atomic mass is 32.1. The summed E-state index contributed by atoms with van der Waals surface area (Å²) >= 11 is 1.38. The number of alkyl halides is 3. The number of benzene rings is 1. The number of amides is 1. The fourth-order valence-electron chi connectivity index (χ4n) is 5.02. The summed E-state index contributed by atoms with van der Waals surface area (Å²) in [6, 6.07) is 6.34. The van der Waals surface area contributed by atoms with Gasteiger partial charge in [-0.25, -0.2) is 15.0 Å². The Kier molecular flexibility index (Phi) is 7.88. The van der Waals surface area contributed by atoms with Gasteiger partial charge in [0.15, 0.2) is 0 Å². The third kappa shape index (κ3) is 6.56. The van der Waals surface area contributed by atoms with Crippen molar-refractivity contribution < 1.29 is 27.8 Å².